The zero-order valence-corrected chi connectivity index (χ0v) is 15.3. The van der Waals surface area contributed by atoms with E-state index in [1.165, 1.54) is 23.8 Å². The Balaban J connectivity index is 1.96. The van der Waals surface area contributed by atoms with Crippen molar-refractivity contribution in [1.29, 1.82) is 0 Å². The zero-order chi connectivity index (χ0) is 18.7. The monoisotopic (exact) mass is 350 g/mol. The maximum absolute atomic E-state index is 14.5. The van der Waals surface area contributed by atoms with E-state index in [0.29, 0.717) is 17.0 Å². The van der Waals surface area contributed by atoms with Gasteiger partial charge in [-0.1, -0.05) is 39.0 Å². The molecule has 134 valence electrons. The van der Waals surface area contributed by atoms with Crippen LogP contribution in [0.25, 0.3) is 16.7 Å². The van der Waals surface area contributed by atoms with Gasteiger partial charge in [-0.15, -0.1) is 0 Å². The number of halogens is 1. The Bertz CT molecular complexity index is 941. The molecule has 0 unspecified atom stereocenters. The lowest BCUT2D eigenvalue weighted by Gasteiger charge is -2.38. The molecule has 0 radical (unpaired) electrons. The van der Waals surface area contributed by atoms with Crippen LogP contribution in [-0.4, -0.2) is 11.4 Å². The molecule has 0 spiro atoms. The van der Waals surface area contributed by atoms with E-state index in [4.69, 9.17) is 0 Å². The molecule has 1 N–H and O–H groups in total. The first-order chi connectivity index (χ1) is 12.3. The lowest BCUT2D eigenvalue weighted by atomic mass is 9.65. The Morgan fingerprint density at radius 2 is 1.85 bits per heavy atom. The molecule has 0 aromatic heterocycles. The molecular weight excluding hydrogens is 327 g/mol. The zero-order valence-electron chi connectivity index (χ0n) is 15.3. The van der Waals surface area contributed by atoms with Gasteiger partial charge in [0.25, 0.3) is 0 Å². The average molecular weight is 350 g/mol. The van der Waals surface area contributed by atoms with Crippen LogP contribution in [0.15, 0.2) is 42.5 Å². The van der Waals surface area contributed by atoms with Crippen LogP contribution >= 0.6 is 0 Å². The predicted octanol–water partition coefficient (Wildman–Crippen LogP) is 5.85. The Kier molecular flexibility index (Phi) is 3.62. The van der Waals surface area contributed by atoms with E-state index < -0.39 is 0 Å². The number of aromatic hydroxyl groups is 1. The lowest BCUT2D eigenvalue weighted by Crippen LogP contribution is -2.29. The molecule has 2 aliphatic carbocycles. The summed E-state index contributed by atoms with van der Waals surface area (Å²) >= 11 is 0. The number of aldehydes is 1. The number of hydrogen-bond donors (Lipinski definition) is 1. The van der Waals surface area contributed by atoms with Crippen LogP contribution in [0.3, 0.4) is 0 Å². The van der Waals surface area contributed by atoms with Gasteiger partial charge in [-0.3, -0.25) is 4.79 Å². The molecule has 26 heavy (non-hydrogen) atoms. The van der Waals surface area contributed by atoms with E-state index in [1.54, 1.807) is 12.1 Å². The number of phenols is 1. The van der Waals surface area contributed by atoms with Gasteiger partial charge >= 0.3 is 0 Å². The van der Waals surface area contributed by atoms with E-state index in [0.717, 1.165) is 30.3 Å². The number of rotatable bonds is 3. The van der Waals surface area contributed by atoms with Gasteiger partial charge in [0.2, 0.25) is 0 Å². The fourth-order valence-corrected chi connectivity index (χ4v) is 4.89. The Morgan fingerprint density at radius 1 is 1.08 bits per heavy atom. The van der Waals surface area contributed by atoms with Crippen molar-refractivity contribution in [3.8, 4) is 16.9 Å². The van der Waals surface area contributed by atoms with Crippen molar-refractivity contribution in [3.63, 3.8) is 0 Å². The number of allylic oxidation sites excluding steroid dienone is 2. The minimum atomic E-state index is -0.379. The van der Waals surface area contributed by atoms with Crippen molar-refractivity contribution in [2.75, 3.05) is 0 Å². The molecule has 0 heterocycles. The fourth-order valence-electron chi connectivity index (χ4n) is 4.89. The number of benzene rings is 2. The second-order valence-electron chi connectivity index (χ2n) is 8.37. The predicted molar refractivity (Wildman–Crippen MR) is 101 cm³/mol. The molecule has 2 atom stereocenters. The van der Waals surface area contributed by atoms with Crippen LogP contribution < -0.4 is 0 Å². The topological polar surface area (TPSA) is 37.3 Å². The Hall–Kier alpha value is -2.42. The number of phenolic OH excluding ortho intramolecular Hbond substituents is 1. The first kappa shape index (κ1) is 17.0. The van der Waals surface area contributed by atoms with Gasteiger partial charge in [0.15, 0.2) is 0 Å². The second-order valence-corrected chi connectivity index (χ2v) is 8.37. The molecule has 1 saturated carbocycles. The first-order valence-electron chi connectivity index (χ1n) is 9.09. The Morgan fingerprint density at radius 3 is 2.46 bits per heavy atom. The molecular formula is C23H23FO2. The summed E-state index contributed by atoms with van der Waals surface area (Å²) in [7, 11) is 0. The third-order valence-electron chi connectivity index (χ3n) is 6.98. The van der Waals surface area contributed by atoms with Crippen LogP contribution in [0.4, 0.5) is 4.39 Å². The highest BCUT2D eigenvalue weighted by molar-refractivity contribution is 5.89. The Labute approximate surface area is 153 Å². The summed E-state index contributed by atoms with van der Waals surface area (Å²) < 4.78 is 14.5. The van der Waals surface area contributed by atoms with Gasteiger partial charge in [-0.25, -0.2) is 4.39 Å². The maximum Gasteiger partial charge on any atom is 0.150 e. The summed E-state index contributed by atoms with van der Waals surface area (Å²) in [6.07, 6.45) is 5.39. The minimum Gasteiger partial charge on any atom is -0.508 e. The molecule has 0 saturated heterocycles. The summed E-state index contributed by atoms with van der Waals surface area (Å²) in [5, 5.41) is 9.86. The molecule has 0 amide bonds. The van der Waals surface area contributed by atoms with Gasteiger partial charge in [0, 0.05) is 11.1 Å². The first-order valence-corrected chi connectivity index (χ1v) is 9.09. The lowest BCUT2D eigenvalue weighted by molar-refractivity contribution is 0.112. The normalized spacial score (nSPS) is 26.0. The third-order valence-corrected chi connectivity index (χ3v) is 6.98. The highest BCUT2D eigenvalue weighted by atomic mass is 19.1. The van der Waals surface area contributed by atoms with Crippen LogP contribution in [0.1, 0.15) is 49.5 Å². The second kappa shape index (κ2) is 5.54. The summed E-state index contributed by atoms with van der Waals surface area (Å²) in [6.45, 7) is 6.88. The van der Waals surface area contributed by atoms with Crippen molar-refractivity contribution in [1.82, 2.24) is 0 Å². The molecule has 2 aromatic carbocycles. The van der Waals surface area contributed by atoms with Crippen molar-refractivity contribution in [3.05, 3.63) is 59.4 Å². The molecule has 3 heteroatoms. The third kappa shape index (κ3) is 2.19. The quantitative estimate of drug-likeness (QED) is 0.705. The average Bonchev–Trinajstić information content (AvgIpc) is 2.96. The smallest absolute Gasteiger partial charge is 0.150 e. The van der Waals surface area contributed by atoms with E-state index in [2.05, 4.69) is 26.8 Å². The summed E-state index contributed by atoms with van der Waals surface area (Å²) in [6, 6.07) is 9.44. The number of carbonyl (C=O) groups excluding carboxylic acids is 1. The van der Waals surface area contributed by atoms with Crippen molar-refractivity contribution >= 4 is 11.9 Å². The largest absolute Gasteiger partial charge is 0.508 e. The summed E-state index contributed by atoms with van der Waals surface area (Å²) in [5.41, 5.74) is 3.88. The van der Waals surface area contributed by atoms with Gasteiger partial charge in [-0.2, -0.15) is 0 Å². The van der Waals surface area contributed by atoms with Crippen molar-refractivity contribution in [2.45, 2.75) is 33.6 Å². The van der Waals surface area contributed by atoms with Gasteiger partial charge in [0.1, 0.15) is 17.9 Å². The molecule has 2 bridgehead atoms. The molecule has 2 nitrogen and oxygen atoms in total. The van der Waals surface area contributed by atoms with Crippen LogP contribution in [-0.2, 0) is 0 Å². The minimum absolute atomic E-state index is 0.0127. The standard InChI is InChI=1S/C23H23FO2/c1-22(2)15-8-9-23(22,3)20(11-15)18-10-14(13-25)4-6-17(18)19-12-16(26)5-7-21(19)24/h4-7,10-13,15,26H,8-9H2,1-3H3/t15-,23+/m1/s1. The van der Waals surface area contributed by atoms with E-state index >= 15 is 0 Å². The van der Waals surface area contributed by atoms with Gasteiger partial charge in [-0.05, 0) is 70.6 Å². The van der Waals surface area contributed by atoms with Crippen molar-refractivity contribution < 1.29 is 14.3 Å². The van der Waals surface area contributed by atoms with E-state index in [-0.39, 0.29) is 22.4 Å². The maximum atomic E-state index is 14.5. The summed E-state index contributed by atoms with van der Waals surface area (Å²) in [5.74, 6) is 0.139. The SMILES string of the molecule is CC1(C)[C@H]2C=C(c3cc(C=O)ccc3-c3cc(O)ccc3F)[C@]1(C)CC2. The molecule has 2 aliphatic rings. The van der Waals surface area contributed by atoms with Gasteiger partial charge < -0.3 is 5.11 Å². The number of hydrogen-bond acceptors (Lipinski definition) is 2. The fraction of sp³-hybridized carbons (Fsp3) is 0.348. The highest BCUT2D eigenvalue weighted by Gasteiger charge is 2.57. The van der Waals surface area contributed by atoms with Crippen LogP contribution in [0.5, 0.6) is 5.75 Å². The molecule has 4 rings (SSSR count). The molecule has 0 aliphatic heterocycles. The van der Waals surface area contributed by atoms with Gasteiger partial charge in [0.05, 0.1) is 0 Å². The number of carbonyl (C=O) groups is 1. The molecule has 1 fully saturated rings. The molecule has 2 aromatic rings. The van der Waals surface area contributed by atoms with E-state index in [1.807, 2.05) is 6.07 Å². The summed E-state index contributed by atoms with van der Waals surface area (Å²) in [4.78, 5) is 11.4. The van der Waals surface area contributed by atoms with Crippen molar-refractivity contribution in [2.24, 2.45) is 16.7 Å². The number of fused-ring (bicyclic) bond motifs is 2. The van der Waals surface area contributed by atoms with Crippen LogP contribution in [0, 0.1) is 22.6 Å². The van der Waals surface area contributed by atoms with Crippen LogP contribution in [0.2, 0.25) is 0 Å². The highest BCUT2D eigenvalue weighted by Crippen LogP contribution is 2.68. The van der Waals surface area contributed by atoms with E-state index in [9.17, 15) is 14.3 Å².